The van der Waals surface area contributed by atoms with Crippen LogP contribution in [0, 0.1) is 6.92 Å². The van der Waals surface area contributed by atoms with Gasteiger partial charge in [0.25, 0.3) is 10.0 Å². The zero-order chi connectivity index (χ0) is 17.3. The average Bonchev–Trinajstić information content (AvgIpc) is 2.65. The van der Waals surface area contributed by atoms with Gasteiger partial charge in [-0.05, 0) is 36.8 Å². The normalized spacial score (nSPS) is 17.6. The highest BCUT2D eigenvalue weighted by Crippen LogP contribution is 2.36. The number of aryl methyl sites for hydroxylation is 1. The summed E-state index contributed by atoms with van der Waals surface area (Å²) in [6, 6.07) is 12.0. The Morgan fingerprint density at radius 3 is 2.71 bits per heavy atom. The van der Waals surface area contributed by atoms with E-state index in [1.54, 1.807) is 36.0 Å². The Morgan fingerprint density at radius 2 is 1.96 bits per heavy atom. The number of para-hydroxylation sites is 1. The molecule has 1 amide bonds. The molecule has 0 saturated carbocycles. The van der Waals surface area contributed by atoms with Gasteiger partial charge in [-0.1, -0.05) is 25.1 Å². The summed E-state index contributed by atoms with van der Waals surface area (Å²) in [5, 5.41) is 2.94. The third kappa shape index (κ3) is 3.57. The van der Waals surface area contributed by atoms with Crippen molar-refractivity contribution < 1.29 is 13.2 Å². The van der Waals surface area contributed by atoms with Gasteiger partial charge < -0.3 is 5.32 Å². The predicted molar refractivity (Wildman–Crippen MR) is 97.0 cm³/mol. The summed E-state index contributed by atoms with van der Waals surface area (Å²) in [6.45, 7) is 3.82. The second-order valence-corrected chi connectivity index (χ2v) is 8.92. The van der Waals surface area contributed by atoms with Gasteiger partial charge in [-0.2, -0.15) is 0 Å². The number of carbonyl (C=O) groups is 1. The van der Waals surface area contributed by atoms with Crippen LogP contribution in [0.3, 0.4) is 0 Å². The second kappa shape index (κ2) is 6.49. The van der Waals surface area contributed by atoms with E-state index >= 15 is 0 Å². The third-order valence-corrected chi connectivity index (χ3v) is 6.27. The molecule has 2 aromatic carbocycles. The molecule has 0 saturated heterocycles. The maximum Gasteiger partial charge on any atom is 0.261 e. The molecule has 7 heteroatoms. The van der Waals surface area contributed by atoms with E-state index in [2.05, 4.69) is 10.0 Å². The smallest absolute Gasteiger partial charge is 0.261 e. The van der Waals surface area contributed by atoms with Gasteiger partial charge in [-0.25, -0.2) is 8.42 Å². The lowest BCUT2D eigenvalue weighted by atomic mass is 10.2. The standard InChI is InChI=1S/C17H18N2O3S2/c1-11-5-3-4-6-14(11)19-24(21,22)13-7-8-16-15(10-13)18-17(20)9-12(2)23-16/h3-8,10,12,19H,9H2,1-2H3,(H,18,20). The van der Waals surface area contributed by atoms with E-state index in [0.717, 1.165) is 10.5 Å². The Hall–Kier alpha value is -1.99. The predicted octanol–water partition coefficient (Wildman–Crippen LogP) is 3.62. The van der Waals surface area contributed by atoms with E-state index in [4.69, 9.17) is 0 Å². The molecule has 126 valence electrons. The number of sulfonamides is 1. The fourth-order valence-electron chi connectivity index (χ4n) is 2.49. The first-order valence-electron chi connectivity index (χ1n) is 7.54. The van der Waals surface area contributed by atoms with Crippen LogP contribution < -0.4 is 10.0 Å². The van der Waals surface area contributed by atoms with Crippen LogP contribution in [0.4, 0.5) is 11.4 Å². The molecule has 0 spiro atoms. The summed E-state index contributed by atoms with van der Waals surface area (Å²) in [7, 11) is -3.72. The second-order valence-electron chi connectivity index (χ2n) is 5.76. The van der Waals surface area contributed by atoms with Crippen molar-refractivity contribution in [1.29, 1.82) is 0 Å². The molecule has 1 unspecified atom stereocenters. The molecule has 0 fully saturated rings. The number of amides is 1. The number of carbonyl (C=O) groups excluding carboxylic acids is 1. The van der Waals surface area contributed by atoms with Crippen LogP contribution in [0.25, 0.3) is 0 Å². The van der Waals surface area contributed by atoms with E-state index in [0.29, 0.717) is 17.8 Å². The molecular weight excluding hydrogens is 344 g/mol. The van der Waals surface area contributed by atoms with Crippen LogP contribution in [0.5, 0.6) is 0 Å². The summed E-state index contributed by atoms with van der Waals surface area (Å²) in [5.41, 5.74) is 1.93. The summed E-state index contributed by atoms with van der Waals surface area (Å²) in [5.74, 6) is -0.102. The van der Waals surface area contributed by atoms with Crippen molar-refractivity contribution in [1.82, 2.24) is 0 Å². The molecule has 0 bridgehead atoms. The summed E-state index contributed by atoms with van der Waals surface area (Å²) in [4.78, 5) is 12.9. The fourth-order valence-corrected chi connectivity index (χ4v) is 4.70. The Bertz CT molecular complexity index is 894. The lowest BCUT2D eigenvalue weighted by Gasteiger charge is -2.13. The van der Waals surface area contributed by atoms with Crippen molar-refractivity contribution in [2.75, 3.05) is 10.0 Å². The molecular formula is C17H18N2O3S2. The van der Waals surface area contributed by atoms with Crippen LogP contribution >= 0.6 is 11.8 Å². The minimum Gasteiger partial charge on any atom is -0.325 e. The minimum atomic E-state index is -3.72. The number of hydrogen-bond acceptors (Lipinski definition) is 4. The van der Waals surface area contributed by atoms with Crippen LogP contribution in [-0.4, -0.2) is 19.6 Å². The highest BCUT2D eigenvalue weighted by Gasteiger charge is 2.22. The summed E-state index contributed by atoms with van der Waals surface area (Å²) >= 11 is 1.56. The summed E-state index contributed by atoms with van der Waals surface area (Å²) in [6.07, 6.45) is 0.406. The van der Waals surface area contributed by atoms with Crippen molar-refractivity contribution in [2.24, 2.45) is 0 Å². The van der Waals surface area contributed by atoms with Gasteiger partial charge in [0.2, 0.25) is 5.91 Å². The van der Waals surface area contributed by atoms with Crippen LogP contribution in [0.2, 0.25) is 0 Å². The van der Waals surface area contributed by atoms with Gasteiger partial charge in [-0.3, -0.25) is 9.52 Å². The Labute approximate surface area is 145 Å². The Kier molecular flexibility index (Phi) is 4.56. The third-order valence-electron chi connectivity index (χ3n) is 3.73. The molecule has 1 atom stereocenters. The van der Waals surface area contributed by atoms with E-state index in [1.807, 2.05) is 26.0 Å². The fraction of sp³-hybridized carbons (Fsp3) is 0.235. The Morgan fingerprint density at radius 1 is 1.21 bits per heavy atom. The largest absolute Gasteiger partial charge is 0.325 e. The first-order chi connectivity index (χ1) is 11.3. The van der Waals surface area contributed by atoms with Gasteiger partial charge in [0.1, 0.15) is 0 Å². The van der Waals surface area contributed by atoms with Gasteiger partial charge in [0.15, 0.2) is 0 Å². The van der Waals surface area contributed by atoms with Crippen LogP contribution in [-0.2, 0) is 14.8 Å². The van der Waals surface area contributed by atoms with Gasteiger partial charge in [0.05, 0.1) is 16.3 Å². The number of benzene rings is 2. The first-order valence-corrected chi connectivity index (χ1v) is 9.90. The molecule has 0 radical (unpaired) electrons. The van der Waals surface area contributed by atoms with Gasteiger partial charge in [0, 0.05) is 16.6 Å². The molecule has 1 aliphatic rings. The zero-order valence-corrected chi connectivity index (χ0v) is 15.0. The highest BCUT2D eigenvalue weighted by molar-refractivity contribution is 8.00. The first kappa shape index (κ1) is 16.9. The highest BCUT2D eigenvalue weighted by atomic mass is 32.2. The van der Waals surface area contributed by atoms with Crippen LogP contribution in [0.15, 0.2) is 52.3 Å². The molecule has 0 aromatic heterocycles. The van der Waals surface area contributed by atoms with Gasteiger partial charge >= 0.3 is 0 Å². The molecule has 24 heavy (non-hydrogen) atoms. The number of fused-ring (bicyclic) bond motifs is 1. The Balaban J connectivity index is 1.95. The SMILES string of the molecule is Cc1ccccc1NS(=O)(=O)c1ccc2c(c1)NC(=O)CC(C)S2. The van der Waals surface area contributed by atoms with Crippen LogP contribution in [0.1, 0.15) is 18.9 Å². The van der Waals surface area contributed by atoms with Crippen molar-refractivity contribution in [3.8, 4) is 0 Å². The number of anilines is 2. The van der Waals surface area contributed by atoms with E-state index in [9.17, 15) is 13.2 Å². The van der Waals surface area contributed by atoms with E-state index in [1.165, 1.54) is 6.07 Å². The monoisotopic (exact) mass is 362 g/mol. The molecule has 3 rings (SSSR count). The molecule has 0 aliphatic carbocycles. The number of hydrogen-bond donors (Lipinski definition) is 2. The molecule has 2 N–H and O–H groups in total. The zero-order valence-electron chi connectivity index (χ0n) is 13.4. The minimum absolute atomic E-state index is 0.102. The van der Waals surface area contributed by atoms with Crippen molar-refractivity contribution in [3.63, 3.8) is 0 Å². The van der Waals surface area contributed by atoms with Gasteiger partial charge in [-0.15, -0.1) is 11.8 Å². The lowest BCUT2D eigenvalue weighted by Crippen LogP contribution is -2.15. The van der Waals surface area contributed by atoms with Crippen molar-refractivity contribution in [3.05, 3.63) is 48.0 Å². The lowest BCUT2D eigenvalue weighted by molar-refractivity contribution is -0.116. The van der Waals surface area contributed by atoms with Crippen molar-refractivity contribution in [2.45, 2.75) is 35.3 Å². The topological polar surface area (TPSA) is 75.3 Å². The quantitative estimate of drug-likeness (QED) is 0.874. The number of rotatable bonds is 3. The maximum atomic E-state index is 12.6. The average molecular weight is 362 g/mol. The molecule has 1 aliphatic heterocycles. The molecule has 2 aromatic rings. The van der Waals surface area contributed by atoms with E-state index in [-0.39, 0.29) is 16.1 Å². The van der Waals surface area contributed by atoms with Crippen molar-refractivity contribution >= 4 is 39.1 Å². The molecule has 5 nitrogen and oxygen atoms in total. The number of thioether (sulfide) groups is 1. The summed E-state index contributed by atoms with van der Waals surface area (Å²) < 4.78 is 27.9. The van der Waals surface area contributed by atoms with E-state index < -0.39 is 10.0 Å². The molecule has 1 heterocycles. The maximum absolute atomic E-state index is 12.6. The number of nitrogens with one attached hydrogen (secondary N) is 2.